The lowest BCUT2D eigenvalue weighted by Gasteiger charge is -2.29. The molecule has 3 rings (SSSR count). The molecular formula is C17H20FN3OS. The van der Waals surface area contributed by atoms with Gasteiger partial charge in [-0.15, -0.1) is 11.3 Å². The van der Waals surface area contributed by atoms with Crippen LogP contribution in [0.2, 0.25) is 0 Å². The van der Waals surface area contributed by atoms with Gasteiger partial charge in [-0.2, -0.15) is 0 Å². The highest BCUT2D eigenvalue weighted by molar-refractivity contribution is 7.17. The summed E-state index contributed by atoms with van der Waals surface area (Å²) in [5.41, 5.74) is 6.99. The Balaban J connectivity index is 1.83. The highest BCUT2D eigenvalue weighted by Gasteiger charge is 2.42. The maximum atomic E-state index is 13.0. The van der Waals surface area contributed by atoms with Crippen LogP contribution >= 0.6 is 11.3 Å². The summed E-state index contributed by atoms with van der Waals surface area (Å²) in [6.07, 6.45) is 2.22. The zero-order valence-corrected chi connectivity index (χ0v) is 14.0. The number of benzene rings is 1. The van der Waals surface area contributed by atoms with E-state index in [1.165, 1.54) is 23.5 Å². The molecule has 1 fully saturated rings. The molecule has 122 valence electrons. The number of nitrogens with two attached hydrogens (primary N) is 1. The van der Waals surface area contributed by atoms with Gasteiger partial charge in [0.05, 0.1) is 11.2 Å². The minimum Gasteiger partial charge on any atom is -0.345 e. The van der Waals surface area contributed by atoms with Crippen LogP contribution in [-0.2, 0) is 0 Å². The molecule has 3 N–H and O–H groups in total. The maximum absolute atomic E-state index is 13.0. The van der Waals surface area contributed by atoms with Crippen LogP contribution in [0.4, 0.5) is 4.39 Å². The Hall–Kier alpha value is -1.79. The Bertz CT molecular complexity index is 724. The molecule has 4 nitrogen and oxygen atoms in total. The minimum atomic E-state index is -0.358. The molecule has 1 atom stereocenters. The number of carbonyl (C=O) groups is 1. The standard InChI is InChI=1S/C17H20FN3OS/c1-10-14(15(22)21-17(2,9-19)12-5-6-12)23-16(20-10)11-3-7-13(18)8-4-11/h3-4,7-8,12H,5-6,9,19H2,1-2H3,(H,21,22). The molecule has 2 aromatic rings. The van der Waals surface area contributed by atoms with Crippen molar-refractivity contribution in [3.05, 3.63) is 40.7 Å². The zero-order valence-electron chi connectivity index (χ0n) is 13.2. The van der Waals surface area contributed by atoms with Crippen LogP contribution in [0.1, 0.15) is 35.1 Å². The van der Waals surface area contributed by atoms with Gasteiger partial charge in [-0.1, -0.05) is 0 Å². The largest absolute Gasteiger partial charge is 0.345 e. The summed E-state index contributed by atoms with van der Waals surface area (Å²) in [6.45, 7) is 4.24. The average molecular weight is 333 g/mol. The van der Waals surface area contributed by atoms with Gasteiger partial charge in [0.25, 0.3) is 5.91 Å². The second-order valence-electron chi connectivity index (χ2n) is 6.29. The summed E-state index contributed by atoms with van der Waals surface area (Å²) in [5.74, 6) is 0.0394. The fourth-order valence-electron chi connectivity index (χ4n) is 2.68. The van der Waals surface area contributed by atoms with E-state index in [1.807, 2.05) is 13.8 Å². The van der Waals surface area contributed by atoms with Gasteiger partial charge in [0, 0.05) is 12.1 Å². The van der Waals surface area contributed by atoms with Crippen LogP contribution in [0, 0.1) is 18.7 Å². The SMILES string of the molecule is Cc1nc(-c2ccc(F)cc2)sc1C(=O)NC(C)(CN)C1CC1. The average Bonchev–Trinajstić information content (AvgIpc) is 3.31. The fraction of sp³-hybridized carbons (Fsp3) is 0.412. The highest BCUT2D eigenvalue weighted by Crippen LogP contribution is 2.39. The van der Waals surface area contributed by atoms with Gasteiger partial charge in [0.15, 0.2) is 0 Å². The van der Waals surface area contributed by atoms with E-state index in [1.54, 1.807) is 12.1 Å². The van der Waals surface area contributed by atoms with E-state index in [0.717, 1.165) is 18.4 Å². The molecule has 1 amide bonds. The predicted octanol–water partition coefficient (Wildman–Crippen LogP) is 3.11. The van der Waals surface area contributed by atoms with Gasteiger partial charge in [-0.3, -0.25) is 4.79 Å². The molecular weight excluding hydrogens is 313 g/mol. The van der Waals surface area contributed by atoms with Crippen molar-refractivity contribution in [2.24, 2.45) is 11.7 Å². The van der Waals surface area contributed by atoms with E-state index < -0.39 is 0 Å². The summed E-state index contributed by atoms with van der Waals surface area (Å²) in [6, 6.07) is 6.13. The summed E-state index contributed by atoms with van der Waals surface area (Å²) < 4.78 is 13.0. The number of carbonyl (C=O) groups excluding carboxylic acids is 1. The van der Waals surface area contributed by atoms with Gasteiger partial charge >= 0.3 is 0 Å². The van der Waals surface area contributed by atoms with Crippen molar-refractivity contribution in [1.82, 2.24) is 10.3 Å². The van der Waals surface area contributed by atoms with Crippen LogP contribution in [0.15, 0.2) is 24.3 Å². The van der Waals surface area contributed by atoms with Crippen LogP contribution in [0.5, 0.6) is 0 Å². The third-order valence-corrected chi connectivity index (χ3v) is 5.60. The van der Waals surface area contributed by atoms with Crippen molar-refractivity contribution >= 4 is 17.2 Å². The number of nitrogens with one attached hydrogen (secondary N) is 1. The second-order valence-corrected chi connectivity index (χ2v) is 7.29. The number of halogens is 1. The number of aromatic nitrogens is 1. The van der Waals surface area contributed by atoms with Gasteiger partial charge < -0.3 is 11.1 Å². The Morgan fingerprint density at radius 3 is 2.65 bits per heavy atom. The quantitative estimate of drug-likeness (QED) is 0.883. The van der Waals surface area contributed by atoms with Gasteiger partial charge in [-0.25, -0.2) is 9.37 Å². The van der Waals surface area contributed by atoms with Gasteiger partial charge in [0.1, 0.15) is 15.7 Å². The number of nitrogens with zero attached hydrogens (tertiary/aromatic N) is 1. The highest BCUT2D eigenvalue weighted by atomic mass is 32.1. The lowest BCUT2D eigenvalue weighted by Crippen LogP contribution is -2.53. The molecule has 0 radical (unpaired) electrons. The normalized spacial score (nSPS) is 16.9. The van der Waals surface area contributed by atoms with Gasteiger partial charge in [0.2, 0.25) is 0 Å². The number of rotatable bonds is 5. The Kier molecular flexibility index (Phi) is 4.21. The van der Waals surface area contributed by atoms with E-state index in [-0.39, 0.29) is 17.3 Å². The number of amides is 1. The van der Waals surface area contributed by atoms with Crippen molar-refractivity contribution in [1.29, 1.82) is 0 Å². The fourth-order valence-corrected chi connectivity index (χ4v) is 3.65. The molecule has 0 spiro atoms. The number of hydrogen-bond acceptors (Lipinski definition) is 4. The van der Waals surface area contributed by atoms with Crippen molar-refractivity contribution in [3.8, 4) is 10.6 Å². The van der Waals surface area contributed by atoms with E-state index >= 15 is 0 Å². The summed E-state index contributed by atoms with van der Waals surface area (Å²) in [4.78, 5) is 17.7. The maximum Gasteiger partial charge on any atom is 0.263 e. The molecule has 1 aliphatic rings. The van der Waals surface area contributed by atoms with Gasteiger partial charge in [-0.05, 0) is 56.9 Å². The van der Waals surface area contributed by atoms with Crippen LogP contribution in [0.3, 0.4) is 0 Å². The molecule has 1 heterocycles. The predicted molar refractivity (Wildman–Crippen MR) is 89.9 cm³/mol. The van der Waals surface area contributed by atoms with Crippen molar-refractivity contribution in [2.75, 3.05) is 6.54 Å². The lowest BCUT2D eigenvalue weighted by molar-refractivity contribution is 0.0901. The molecule has 1 aromatic heterocycles. The molecule has 0 saturated heterocycles. The molecule has 0 bridgehead atoms. The Morgan fingerprint density at radius 2 is 2.09 bits per heavy atom. The molecule has 6 heteroatoms. The molecule has 1 saturated carbocycles. The van der Waals surface area contributed by atoms with Crippen LogP contribution in [-0.4, -0.2) is 23.0 Å². The monoisotopic (exact) mass is 333 g/mol. The van der Waals surface area contributed by atoms with E-state index in [4.69, 9.17) is 5.73 Å². The third-order valence-electron chi connectivity index (χ3n) is 4.40. The van der Waals surface area contributed by atoms with Crippen molar-refractivity contribution in [3.63, 3.8) is 0 Å². The number of aryl methyl sites for hydroxylation is 1. The zero-order chi connectivity index (χ0) is 16.6. The van der Waals surface area contributed by atoms with Crippen molar-refractivity contribution in [2.45, 2.75) is 32.2 Å². The number of hydrogen-bond donors (Lipinski definition) is 2. The second kappa shape index (κ2) is 6.02. The summed E-state index contributed by atoms with van der Waals surface area (Å²) >= 11 is 1.32. The first-order chi connectivity index (χ1) is 10.9. The summed E-state index contributed by atoms with van der Waals surface area (Å²) in [7, 11) is 0. The molecule has 1 aromatic carbocycles. The summed E-state index contributed by atoms with van der Waals surface area (Å²) in [5, 5.41) is 3.80. The smallest absolute Gasteiger partial charge is 0.263 e. The van der Waals surface area contributed by atoms with Crippen LogP contribution in [0.25, 0.3) is 10.6 Å². The first kappa shape index (κ1) is 16.1. The third kappa shape index (κ3) is 3.28. The lowest BCUT2D eigenvalue weighted by atomic mass is 9.96. The van der Waals surface area contributed by atoms with Crippen molar-refractivity contribution < 1.29 is 9.18 Å². The molecule has 1 unspecified atom stereocenters. The Labute approximate surface area is 138 Å². The minimum absolute atomic E-state index is 0.131. The first-order valence-corrected chi connectivity index (χ1v) is 8.50. The topological polar surface area (TPSA) is 68.0 Å². The Morgan fingerprint density at radius 1 is 1.43 bits per heavy atom. The van der Waals surface area contributed by atoms with E-state index in [9.17, 15) is 9.18 Å². The molecule has 0 aliphatic heterocycles. The molecule has 1 aliphatic carbocycles. The van der Waals surface area contributed by atoms with E-state index in [0.29, 0.717) is 28.0 Å². The first-order valence-electron chi connectivity index (χ1n) is 7.69. The van der Waals surface area contributed by atoms with Crippen LogP contribution < -0.4 is 11.1 Å². The number of thiazole rings is 1. The van der Waals surface area contributed by atoms with E-state index in [2.05, 4.69) is 10.3 Å². The molecule has 23 heavy (non-hydrogen) atoms.